The van der Waals surface area contributed by atoms with Gasteiger partial charge in [0.2, 0.25) is 5.91 Å². The maximum atomic E-state index is 12.1. The maximum Gasteiger partial charge on any atom is 0.255 e. The number of piperidine rings is 1. The minimum atomic E-state index is -0.509. The fraction of sp³-hybridized carbons (Fsp3) is 0.412. The number of ether oxygens (including phenoxy) is 1. The summed E-state index contributed by atoms with van der Waals surface area (Å²) in [5.74, 6) is 0.833. The first-order valence-electron chi connectivity index (χ1n) is 7.53. The van der Waals surface area contributed by atoms with Gasteiger partial charge in [-0.25, -0.2) is 0 Å². The van der Waals surface area contributed by atoms with Gasteiger partial charge >= 0.3 is 0 Å². The topological polar surface area (TPSA) is 72.6 Å². The molecule has 1 fully saturated rings. The summed E-state index contributed by atoms with van der Waals surface area (Å²) < 4.78 is 5.18. The molecule has 118 valence electrons. The average Bonchev–Trinajstić information content (AvgIpc) is 2.52. The van der Waals surface area contributed by atoms with E-state index in [9.17, 15) is 9.59 Å². The molecular weight excluding hydrogens is 280 g/mol. The van der Waals surface area contributed by atoms with E-state index in [2.05, 4.69) is 6.92 Å². The molecule has 1 aliphatic rings. The summed E-state index contributed by atoms with van der Waals surface area (Å²) in [7, 11) is 0. The van der Waals surface area contributed by atoms with Crippen LogP contribution in [-0.2, 0) is 9.59 Å². The Morgan fingerprint density at radius 3 is 2.50 bits per heavy atom. The number of nitrogens with zero attached hydrogens (tertiary/aromatic N) is 1. The minimum absolute atomic E-state index is 0.0564. The lowest BCUT2D eigenvalue weighted by Gasteiger charge is -2.29. The molecule has 0 spiro atoms. The van der Waals surface area contributed by atoms with Gasteiger partial charge in [-0.3, -0.25) is 9.59 Å². The third kappa shape index (κ3) is 4.91. The van der Waals surface area contributed by atoms with E-state index in [0.717, 1.165) is 31.5 Å². The lowest BCUT2D eigenvalue weighted by molar-refractivity contribution is -0.127. The van der Waals surface area contributed by atoms with Crippen molar-refractivity contribution in [2.45, 2.75) is 19.8 Å². The van der Waals surface area contributed by atoms with Gasteiger partial charge in [0, 0.05) is 19.2 Å². The van der Waals surface area contributed by atoms with Crippen LogP contribution >= 0.6 is 0 Å². The Balaban J connectivity index is 1.87. The number of primary amides is 1. The Labute approximate surface area is 130 Å². The summed E-state index contributed by atoms with van der Waals surface area (Å²) in [6, 6.07) is 7.15. The minimum Gasteiger partial charge on any atom is -0.484 e. The molecule has 5 heteroatoms. The number of hydrogen-bond donors (Lipinski definition) is 1. The SMILES string of the molecule is CC1CCN(C(=O)/C=C/c2ccc(OCC(N)=O)cc2)CC1. The molecule has 1 aliphatic heterocycles. The molecule has 0 atom stereocenters. The molecule has 5 nitrogen and oxygen atoms in total. The molecule has 1 heterocycles. The van der Waals surface area contributed by atoms with Crippen LogP contribution in [0.4, 0.5) is 0 Å². The predicted octanol–water partition coefficient (Wildman–Crippen LogP) is 1.82. The van der Waals surface area contributed by atoms with Crippen LogP contribution in [0.2, 0.25) is 0 Å². The Hall–Kier alpha value is -2.30. The van der Waals surface area contributed by atoms with Crippen molar-refractivity contribution in [3.63, 3.8) is 0 Å². The van der Waals surface area contributed by atoms with Crippen LogP contribution in [0, 0.1) is 5.92 Å². The van der Waals surface area contributed by atoms with E-state index in [0.29, 0.717) is 11.7 Å². The van der Waals surface area contributed by atoms with Crippen LogP contribution in [0.1, 0.15) is 25.3 Å². The molecule has 2 rings (SSSR count). The molecule has 22 heavy (non-hydrogen) atoms. The number of carbonyl (C=O) groups is 2. The molecule has 0 aromatic heterocycles. The van der Waals surface area contributed by atoms with E-state index in [1.165, 1.54) is 0 Å². The van der Waals surface area contributed by atoms with Crippen molar-refractivity contribution in [2.24, 2.45) is 11.7 Å². The highest BCUT2D eigenvalue weighted by Crippen LogP contribution is 2.17. The summed E-state index contributed by atoms with van der Waals surface area (Å²) in [6.07, 6.45) is 5.55. The molecule has 0 unspecified atom stereocenters. The fourth-order valence-electron chi connectivity index (χ4n) is 2.33. The smallest absolute Gasteiger partial charge is 0.255 e. The molecule has 1 saturated heterocycles. The number of nitrogens with two attached hydrogens (primary N) is 1. The van der Waals surface area contributed by atoms with Crippen molar-refractivity contribution in [3.05, 3.63) is 35.9 Å². The van der Waals surface area contributed by atoms with E-state index >= 15 is 0 Å². The number of hydrogen-bond acceptors (Lipinski definition) is 3. The Bertz CT molecular complexity index is 544. The Morgan fingerprint density at radius 2 is 1.91 bits per heavy atom. The zero-order chi connectivity index (χ0) is 15.9. The first-order valence-corrected chi connectivity index (χ1v) is 7.53. The molecule has 0 bridgehead atoms. The first kappa shape index (κ1) is 16.1. The van der Waals surface area contributed by atoms with Crippen LogP contribution in [0.3, 0.4) is 0 Å². The van der Waals surface area contributed by atoms with E-state index in [1.54, 1.807) is 24.3 Å². The van der Waals surface area contributed by atoms with Gasteiger partial charge in [0.25, 0.3) is 5.91 Å². The summed E-state index contributed by atoms with van der Waals surface area (Å²) in [6.45, 7) is 3.76. The second-order valence-electron chi connectivity index (χ2n) is 5.67. The van der Waals surface area contributed by atoms with Crippen LogP contribution in [-0.4, -0.2) is 36.4 Å². The highest BCUT2D eigenvalue weighted by atomic mass is 16.5. The van der Waals surface area contributed by atoms with E-state index < -0.39 is 5.91 Å². The van der Waals surface area contributed by atoms with Crippen molar-refractivity contribution in [3.8, 4) is 5.75 Å². The zero-order valence-electron chi connectivity index (χ0n) is 12.8. The molecule has 1 aromatic carbocycles. The number of likely N-dealkylation sites (tertiary alicyclic amines) is 1. The molecule has 0 saturated carbocycles. The van der Waals surface area contributed by atoms with Crippen molar-refractivity contribution in [1.29, 1.82) is 0 Å². The molecule has 2 amide bonds. The maximum absolute atomic E-state index is 12.1. The highest BCUT2D eigenvalue weighted by Gasteiger charge is 2.18. The monoisotopic (exact) mass is 302 g/mol. The Kier molecular flexibility index (Phi) is 5.58. The third-order valence-electron chi connectivity index (χ3n) is 3.77. The molecule has 0 aliphatic carbocycles. The van der Waals surface area contributed by atoms with Gasteiger partial charge in [-0.15, -0.1) is 0 Å². The van der Waals surface area contributed by atoms with E-state index in [4.69, 9.17) is 10.5 Å². The highest BCUT2D eigenvalue weighted by molar-refractivity contribution is 5.91. The van der Waals surface area contributed by atoms with Gasteiger partial charge < -0.3 is 15.4 Å². The molecule has 2 N–H and O–H groups in total. The van der Waals surface area contributed by atoms with Crippen molar-refractivity contribution in [1.82, 2.24) is 4.90 Å². The summed E-state index contributed by atoms with van der Waals surface area (Å²) in [4.78, 5) is 24.6. The molecular formula is C17H22N2O3. The first-order chi connectivity index (χ1) is 10.5. The van der Waals surface area contributed by atoms with Crippen LogP contribution in [0.5, 0.6) is 5.75 Å². The van der Waals surface area contributed by atoms with Gasteiger partial charge in [0.05, 0.1) is 0 Å². The van der Waals surface area contributed by atoms with Crippen molar-refractivity contribution in [2.75, 3.05) is 19.7 Å². The van der Waals surface area contributed by atoms with Crippen molar-refractivity contribution < 1.29 is 14.3 Å². The summed E-state index contributed by atoms with van der Waals surface area (Å²) in [5, 5.41) is 0. The number of benzene rings is 1. The van der Waals surface area contributed by atoms with E-state index in [-0.39, 0.29) is 12.5 Å². The van der Waals surface area contributed by atoms with Gasteiger partial charge in [-0.1, -0.05) is 19.1 Å². The number of carbonyl (C=O) groups excluding carboxylic acids is 2. The van der Waals surface area contributed by atoms with Gasteiger partial charge in [-0.2, -0.15) is 0 Å². The standard InChI is InChI=1S/C17H22N2O3/c1-13-8-10-19(11-9-13)17(21)7-4-14-2-5-15(6-3-14)22-12-16(18)20/h2-7,13H,8-12H2,1H3,(H2,18,20)/b7-4+. The van der Waals surface area contributed by atoms with Crippen LogP contribution < -0.4 is 10.5 Å². The van der Waals surface area contributed by atoms with Crippen molar-refractivity contribution >= 4 is 17.9 Å². The normalized spacial score (nSPS) is 16.0. The lowest BCUT2D eigenvalue weighted by atomic mass is 9.99. The van der Waals surface area contributed by atoms with Crippen LogP contribution in [0.25, 0.3) is 6.08 Å². The third-order valence-corrected chi connectivity index (χ3v) is 3.77. The fourth-order valence-corrected chi connectivity index (χ4v) is 2.33. The van der Waals surface area contributed by atoms with E-state index in [1.807, 2.05) is 17.0 Å². The van der Waals surface area contributed by atoms with Gasteiger partial charge in [0.1, 0.15) is 5.75 Å². The van der Waals surface area contributed by atoms with Gasteiger partial charge in [-0.05, 0) is 42.5 Å². The molecule has 0 radical (unpaired) electrons. The summed E-state index contributed by atoms with van der Waals surface area (Å²) in [5.41, 5.74) is 5.92. The second-order valence-corrected chi connectivity index (χ2v) is 5.67. The average molecular weight is 302 g/mol. The Morgan fingerprint density at radius 1 is 1.27 bits per heavy atom. The number of rotatable bonds is 5. The largest absolute Gasteiger partial charge is 0.484 e. The molecule has 1 aromatic rings. The second kappa shape index (κ2) is 7.64. The predicted molar refractivity (Wildman–Crippen MR) is 85.1 cm³/mol. The number of amides is 2. The van der Waals surface area contributed by atoms with Crippen LogP contribution in [0.15, 0.2) is 30.3 Å². The zero-order valence-corrected chi connectivity index (χ0v) is 12.8. The quantitative estimate of drug-likeness (QED) is 0.843. The lowest BCUT2D eigenvalue weighted by Crippen LogP contribution is -2.36. The summed E-state index contributed by atoms with van der Waals surface area (Å²) >= 11 is 0. The van der Waals surface area contributed by atoms with Gasteiger partial charge in [0.15, 0.2) is 6.61 Å².